The first-order valence-corrected chi connectivity index (χ1v) is 31.0. The van der Waals surface area contributed by atoms with E-state index in [1.54, 1.807) is 0 Å². The van der Waals surface area contributed by atoms with E-state index in [1.165, 1.54) is 6.92 Å². The van der Waals surface area contributed by atoms with E-state index < -0.39 is 309 Å². The summed E-state index contributed by atoms with van der Waals surface area (Å²) in [5, 5.41) is 249. The first-order chi connectivity index (χ1) is 45.8. The lowest BCUT2D eigenvalue weighted by molar-refractivity contribution is -0.402. The van der Waals surface area contributed by atoms with Gasteiger partial charge in [-0.2, -0.15) is 0 Å². The van der Waals surface area contributed by atoms with E-state index >= 15 is 0 Å². The summed E-state index contributed by atoms with van der Waals surface area (Å²) >= 11 is 0. The van der Waals surface area contributed by atoms with Gasteiger partial charge in [0.15, 0.2) is 50.3 Å². The first-order valence-electron chi connectivity index (χ1n) is 31.0. The normalized spacial score (nSPS) is 49.9. The molecule has 562 valence electrons. The van der Waals surface area contributed by atoms with Crippen LogP contribution in [-0.4, -0.2) is 422 Å². The predicted octanol–water partition coefficient (Wildman–Crippen LogP) is -17.0. The third-order valence-electron chi connectivity index (χ3n) is 17.8. The van der Waals surface area contributed by atoms with Gasteiger partial charge in [-0.05, 0) is 6.92 Å². The molecule has 0 aromatic rings. The Balaban J connectivity index is 1.14. The Labute approximate surface area is 549 Å². The summed E-state index contributed by atoms with van der Waals surface area (Å²) in [6.45, 7) is -3.16. The molecule has 8 rings (SSSR count). The minimum atomic E-state index is -2.48. The number of ether oxygens (including phenoxy) is 15. The highest BCUT2D eigenvalue weighted by molar-refractivity contribution is 5.74. The number of rotatable bonds is 24. The summed E-state index contributed by atoms with van der Waals surface area (Å²) < 4.78 is 88.8. The van der Waals surface area contributed by atoms with Gasteiger partial charge in [0.05, 0.1) is 52.4 Å². The molecular formula is C54H91N3O40. The molecule has 43 heteroatoms. The molecule has 8 fully saturated rings. The third-order valence-corrected chi connectivity index (χ3v) is 17.8. The maximum atomic E-state index is 13.3. The number of carbonyl (C=O) groups is 3. The zero-order valence-corrected chi connectivity index (χ0v) is 52.2. The minimum absolute atomic E-state index is 0.757. The fourth-order valence-corrected chi connectivity index (χ4v) is 12.5. The standard InChI is InChI=1S/C54H91N3O40/c1-12-26(67)33(74)38(79)51(84-12)95-44-25(57-15(4)66)49(90-21(10-63)43(44)94-52-39(80)35(76)28(69)17(6-59)87-52)97-46-36(77)29(70)18(7-60)88-54(46)96-45-30(71)22(11-83-50-37(78)34(75)27(68)16(5-58)86-50)91-53(40(45)81)93-42-20(9-62)89-48(24(32(42)73)56-14(3)65)92-41-19(8-61)85-47(82)23(31(41)72)55-13(2)64/h12,16-54,58-63,67-82H,5-11H2,1-4H3,(H,55,64)(H,56,65)(H,57,66)/t12-,16+,17+,18+,19+,20+,21+,22+,23+,24+,25+,26+,27+,28-,29+,30+,31+,32+,33+,34-,35-,36-,37-,38-,39+,40-,41+,42+,43+,44+,45-,46-,47+,48-,49-,50-,51-,52-,53-,54+/m0/s1. The number of hydrogen-bond donors (Lipinski definition) is 25. The second kappa shape index (κ2) is 34.5. The summed E-state index contributed by atoms with van der Waals surface area (Å²) in [4.78, 5) is 38.2. The second-order valence-electron chi connectivity index (χ2n) is 24.6. The average molecular weight is 1420 g/mol. The van der Waals surface area contributed by atoms with Gasteiger partial charge < -0.3 is 199 Å². The van der Waals surface area contributed by atoms with Gasteiger partial charge in [-0.25, -0.2) is 0 Å². The van der Waals surface area contributed by atoms with Crippen LogP contribution in [-0.2, 0) is 85.4 Å². The highest BCUT2D eigenvalue weighted by Gasteiger charge is 2.60. The Morgan fingerprint density at radius 3 is 1.18 bits per heavy atom. The van der Waals surface area contributed by atoms with E-state index in [9.17, 15) is 127 Å². The van der Waals surface area contributed by atoms with Crippen molar-refractivity contribution in [2.24, 2.45) is 0 Å². The molecule has 8 aliphatic rings. The van der Waals surface area contributed by atoms with E-state index in [0.29, 0.717) is 0 Å². The summed E-state index contributed by atoms with van der Waals surface area (Å²) in [6, 6.07) is -5.43. The molecule has 43 nitrogen and oxygen atoms in total. The lowest BCUT2D eigenvalue weighted by atomic mass is 9.93. The molecule has 0 aliphatic carbocycles. The van der Waals surface area contributed by atoms with Crippen molar-refractivity contribution < 1.29 is 198 Å². The van der Waals surface area contributed by atoms with Gasteiger partial charge in [-0.15, -0.1) is 0 Å². The van der Waals surface area contributed by atoms with Crippen molar-refractivity contribution in [1.82, 2.24) is 16.0 Å². The van der Waals surface area contributed by atoms with Crippen molar-refractivity contribution in [3.05, 3.63) is 0 Å². The van der Waals surface area contributed by atoms with E-state index in [0.717, 1.165) is 20.8 Å². The molecule has 0 aromatic carbocycles. The zero-order chi connectivity index (χ0) is 71.5. The van der Waals surface area contributed by atoms with Gasteiger partial charge in [0.1, 0.15) is 189 Å². The highest BCUT2D eigenvalue weighted by atomic mass is 16.8. The Morgan fingerprint density at radius 2 is 0.639 bits per heavy atom. The summed E-state index contributed by atoms with van der Waals surface area (Å²) in [7, 11) is 0. The van der Waals surface area contributed by atoms with Crippen molar-refractivity contribution in [3.8, 4) is 0 Å². The van der Waals surface area contributed by atoms with E-state index in [4.69, 9.17) is 71.1 Å². The summed E-state index contributed by atoms with van der Waals surface area (Å²) in [6.07, 6.45) is -74.7. The van der Waals surface area contributed by atoms with Crippen LogP contribution in [0.3, 0.4) is 0 Å². The maximum absolute atomic E-state index is 13.3. The molecular weight excluding hydrogens is 1330 g/mol. The van der Waals surface area contributed by atoms with Crippen molar-refractivity contribution in [2.45, 2.75) is 273 Å². The molecule has 0 bridgehead atoms. The van der Waals surface area contributed by atoms with Gasteiger partial charge in [0.25, 0.3) is 0 Å². The van der Waals surface area contributed by atoms with Crippen molar-refractivity contribution in [3.63, 3.8) is 0 Å². The lowest BCUT2D eigenvalue weighted by Gasteiger charge is -2.52. The Hall–Kier alpha value is -3.07. The Bertz CT molecular complexity index is 2490. The second-order valence-corrected chi connectivity index (χ2v) is 24.6. The van der Waals surface area contributed by atoms with Crippen LogP contribution < -0.4 is 16.0 Å². The van der Waals surface area contributed by atoms with Crippen LogP contribution in [0.5, 0.6) is 0 Å². The highest BCUT2D eigenvalue weighted by Crippen LogP contribution is 2.40. The smallest absolute Gasteiger partial charge is 0.217 e. The van der Waals surface area contributed by atoms with Gasteiger partial charge in [0.2, 0.25) is 17.7 Å². The molecule has 25 N–H and O–H groups in total. The van der Waals surface area contributed by atoms with Crippen LogP contribution in [0, 0.1) is 0 Å². The molecule has 3 amide bonds. The van der Waals surface area contributed by atoms with Crippen molar-refractivity contribution in [1.29, 1.82) is 0 Å². The SMILES string of the molecule is CC(=O)N[C@@H]1[C@@H](O)[C@H](O[C@@H]2O[C@H](CO)[C@@H](O[C@@H]3O[C@H](CO[C@H]4O[C@H](CO)[C@@H](O)[C@H](O)[C@@H]4O)[C@@H](O)[C@H](O[C@H]4O[C@H](CO)[C@@H](O)[C@H](O)[C@@H]4O[C@@H]4O[C@H](CO)[C@@H](O[C@@H]5O[C@H](CO)[C@H](O)[C@H](O)[C@H]5O)[C@H](O[C@@H]5O[C@@H](C)[C@@H](O)[C@@H](O)[C@@H]5O)[C@H]4NC(C)=O)[C@@H]3O)[C@H](O)[C@H]2NC(C)=O)[C@@H](CO)O[C@H]1O. The van der Waals surface area contributed by atoms with Crippen LogP contribution in [0.1, 0.15) is 27.7 Å². The van der Waals surface area contributed by atoms with Crippen LogP contribution >= 0.6 is 0 Å². The monoisotopic (exact) mass is 1420 g/mol. The number of amides is 3. The van der Waals surface area contributed by atoms with Gasteiger partial charge in [0, 0.05) is 20.8 Å². The first kappa shape index (κ1) is 79.6. The number of aliphatic hydroxyl groups is 22. The fraction of sp³-hybridized carbons (Fsp3) is 0.944. The summed E-state index contributed by atoms with van der Waals surface area (Å²) in [5.41, 5.74) is 0. The third kappa shape index (κ3) is 17.4. The Morgan fingerprint density at radius 1 is 0.289 bits per heavy atom. The fourth-order valence-electron chi connectivity index (χ4n) is 12.5. The topological polar surface area (TPSA) is 671 Å². The van der Waals surface area contributed by atoms with Crippen LogP contribution in [0.2, 0.25) is 0 Å². The number of aliphatic hydroxyl groups excluding tert-OH is 22. The number of hydrogen-bond acceptors (Lipinski definition) is 40. The molecule has 0 unspecified atom stereocenters. The predicted molar refractivity (Wildman–Crippen MR) is 298 cm³/mol. The molecule has 97 heavy (non-hydrogen) atoms. The molecule has 0 saturated carbocycles. The molecule has 8 saturated heterocycles. The van der Waals surface area contributed by atoms with E-state index in [2.05, 4.69) is 16.0 Å². The molecule has 0 radical (unpaired) electrons. The van der Waals surface area contributed by atoms with Gasteiger partial charge in [-0.1, -0.05) is 0 Å². The molecule has 0 aromatic heterocycles. The summed E-state index contributed by atoms with van der Waals surface area (Å²) in [5.74, 6) is -2.63. The zero-order valence-electron chi connectivity index (χ0n) is 52.2. The van der Waals surface area contributed by atoms with Crippen LogP contribution in [0.15, 0.2) is 0 Å². The van der Waals surface area contributed by atoms with Crippen molar-refractivity contribution in [2.75, 3.05) is 46.2 Å². The van der Waals surface area contributed by atoms with Gasteiger partial charge in [-0.3, -0.25) is 14.4 Å². The maximum Gasteiger partial charge on any atom is 0.217 e. The number of nitrogens with one attached hydrogen (secondary N) is 3. The van der Waals surface area contributed by atoms with Crippen molar-refractivity contribution >= 4 is 17.7 Å². The van der Waals surface area contributed by atoms with Gasteiger partial charge >= 0.3 is 0 Å². The number of carbonyl (C=O) groups excluding carboxylic acids is 3. The Kier molecular flexibility index (Phi) is 28.3. The van der Waals surface area contributed by atoms with E-state index in [-0.39, 0.29) is 0 Å². The van der Waals surface area contributed by atoms with Crippen LogP contribution in [0.4, 0.5) is 0 Å². The largest absolute Gasteiger partial charge is 0.394 e. The molecule has 0 spiro atoms. The van der Waals surface area contributed by atoms with Crippen LogP contribution in [0.25, 0.3) is 0 Å². The van der Waals surface area contributed by atoms with E-state index in [1.807, 2.05) is 0 Å². The molecule has 8 heterocycles. The average Bonchev–Trinajstić information content (AvgIpc) is 0.762. The minimum Gasteiger partial charge on any atom is -0.394 e. The lowest BCUT2D eigenvalue weighted by Crippen LogP contribution is -2.71. The quantitative estimate of drug-likeness (QED) is 0.0427. The molecule has 40 atom stereocenters. The molecule has 8 aliphatic heterocycles.